The fourth-order valence-electron chi connectivity index (χ4n) is 3.10. The molecule has 0 saturated heterocycles. The first kappa shape index (κ1) is 19.9. The number of benzene rings is 2. The fraction of sp³-hybridized carbons (Fsp3) is 0.381. The van der Waals surface area contributed by atoms with Crippen LogP contribution in [0.15, 0.2) is 41.4 Å². The number of nitrogens with one attached hydrogen (secondary N) is 2. The lowest BCUT2D eigenvalue weighted by molar-refractivity contribution is -0.0172. The summed E-state index contributed by atoms with van der Waals surface area (Å²) in [5, 5.41) is 6.53. The second kappa shape index (κ2) is 9.94. The average molecular weight is 387 g/mol. The molecule has 0 spiro atoms. The van der Waals surface area contributed by atoms with E-state index in [1.807, 2.05) is 31.2 Å². The van der Waals surface area contributed by atoms with Crippen molar-refractivity contribution in [1.82, 2.24) is 10.6 Å². The van der Waals surface area contributed by atoms with E-state index >= 15 is 0 Å². The van der Waals surface area contributed by atoms with Crippen LogP contribution in [0.3, 0.4) is 0 Å². The summed E-state index contributed by atoms with van der Waals surface area (Å²) in [7, 11) is 1.72. The van der Waals surface area contributed by atoms with Gasteiger partial charge in [-0.1, -0.05) is 18.2 Å². The van der Waals surface area contributed by atoms with E-state index in [9.17, 15) is 4.39 Å². The molecule has 6 nitrogen and oxygen atoms in total. The van der Waals surface area contributed by atoms with E-state index in [4.69, 9.17) is 14.2 Å². The minimum absolute atomic E-state index is 0.196. The summed E-state index contributed by atoms with van der Waals surface area (Å²) in [5.41, 5.74) is 2.62. The Bertz CT molecular complexity index is 827. The van der Waals surface area contributed by atoms with Crippen molar-refractivity contribution in [3.63, 3.8) is 0 Å². The normalized spacial score (nSPS) is 13.5. The second-order valence-corrected chi connectivity index (χ2v) is 6.31. The molecule has 0 atom stereocenters. The molecule has 0 aromatic heterocycles. The first-order valence-corrected chi connectivity index (χ1v) is 9.38. The number of ether oxygens (including phenoxy) is 3. The number of aliphatic imine (C=N–C) groups is 1. The standard InChI is InChI=1S/C21H26FN3O3/c1-3-27-19-7-5-4-6-16(19)12-25-21(23-2)24-9-8-15-10-18(22)11-17-13-26-14-28-20(15)17/h4-7,10-11H,3,8-9,12-14H2,1-2H3,(H2,23,24,25). The van der Waals surface area contributed by atoms with E-state index in [0.29, 0.717) is 38.7 Å². The van der Waals surface area contributed by atoms with Gasteiger partial charge in [-0.05, 0) is 37.1 Å². The Kier molecular flexibility index (Phi) is 7.08. The van der Waals surface area contributed by atoms with Gasteiger partial charge in [-0.15, -0.1) is 0 Å². The number of hydrogen-bond donors (Lipinski definition) is 2. The number of hydrogen-bond acceptors (Lipinski definition) is 4. The van der Waals surface area contributed by atoms with Crippen molar-refractivity contribution >= 4 is 5.96 Å². The molecule has 3 rings (SSSR count). The Morgan fingerprint density at radius 1 is 1.21 bits per heavy atom. The Morgan fingerprint density at radius 3 is 2.89 bits per heavy atom. The number of rotatable bonds is 7. The molecule has 0 fully saturated rings. The summed E-state index contributed by atoms with van der Waals surface area (Å²) in [6.45, 7) is 4.33. The maximum Gasteiger partial charge on any atom is 0.191 e. The van der Waals surface area contributed by atoms with Gasteiger partial charge in [-0.2, -0.15) is 0 Å². The van der Waals surface area contributed by atoms with Gasteiger partial charge >= 0.3 is 0 Å². The molecule has 0 saturated carbocycles. The summed E-state index contributed by atoms with van der Waals surface area (Å²) in [6, 6.07) is 10.9. The minimum atomic E-state index is -0.280. The zero-order chi connectivity index (χ0) is 19.8. The van der Waals surface area contributed by atoms with Crippen molar-refractivity contribution in [3.8, 4) is 11.5 Å². The molecular weight excluding hydrogens is 361 g/mol. The molecule has 28 heavy (non-hydrogen) atoms. The van der Waals surface area contributed by atoms with Crippen LogP contribution >= 0.6 is 0 Å². The van der Waals surface area contributed by atoms with Gasteiger partial charge in [0.2, 0.25) is 0 Å². The SMILES string of the molecule is CCOc1ccccc1CNC(=NC)NCCc1cc(F)cc2c1OCOC2. The van der Waals surface area contributed by atoms with Crippen LogP contribution in [0.5, 0.6) is 11.5 Å². The zero-order valence-electron chi connectivity index (χ0n) is 16.3. The molecule has 2 N–H and O–H groups in total. The molecule has 0 radical (unpaired) electrons. The molecule has 7 heteroatoms. The van der Waals surface area contributed by atoms with Crippen molar-refractivity contribution in [2.75, 3.05) is 27.0 Å². The highest BCUT2D eigenvalue weighted by molar-refractivity contribution is 5.79. The van der Waals surface area contributed by atoms with E-state index in [2.05, 4.69) is 15.6 Å². The van der Waals surface area contributed by atoms with Gasteiger partial charge in [0.25, 0.3) is 0 Å². The molecule has 1 aliphatic heterocycles. The van der Waals surface area contributed by atoms with Crippen LogP contribution in [0.4, 0.5) is 4.39 Å². The second-order valence-electron chi connectivity index (χ2n) is 6.31. The average Bonchev–Trinajstić information content (AvgIpc) is 2.71. The number of halogens is 1. The molecule has 150 valence electrons. The molecule has 2 aromatic rings. The van der Waals surface area contributed by atoms with Gasteiger partial charge in [-0.3, -0.25) is 4.99 Å². The lowest BCUT2D eigenvalue weighted by atomic mass is 10.1. The molecule has 0 amide bonds. The van der Waals surface area contributed by atoms with Crippen molar-refractivity contribution in [2.45, 2.75) is 26.5 Å². The summed E-state index contributed by atoms with van der Waals surface area (Å²) < 4.78 is 30.3. The lowest BCUT2D eigenvalue weighted by Gasteiger charge is -2.21. The zero-order valence-corrected chi connectivity index (χ0v) is 16.3. The van der Waals surface area contributed by atoms with Crippen LogP contribution in [-0.4, -0.2) is 33.0 Å². The summed E-state index contributed by atoms with van der Waals surface area (Å²) in [5.74, 6) is 1.97. The van der Waals surface area contributed by atoms with Crippen molar-refractivity contribution in [3.05, 3.63) is 58.9 Å². The van der Waals surface area contributed by atoms with Gasteiger partial charge in [0.15, 0.2) is 12.8 Å². The molecule has 2 aromatic carbocycles. The quantitative estimate of drug-likeness (QED) is 0.565. The molecule has 0 unspecified atom stereocenters. The van der Waals surface area contributed by atoms with Gasteiger partial charge in [-0.25, -0.2) is 4.39 Å². The van der Waals surface area contributed by atoms with Gasteiger partial charge in [0.1, 0.15) is 17.3 Å². The van der Waals surface area contributed by atoms with Crippen LogP contribution in [0.25, 0.3) is 0 Å². The Morgan fingerprint density at radius 2 is 2.07 bits per heavy atom. The molecule has 0 aliphatic carbocycles. The highest BCUT2D eigenvalue weighted by Crippen LogP contribution is 2.29. The number of para-hydroxylation sites is 1. The molecule has 1 aliphatic rings. The van der Waals surface area contributed by atoms with Gasteiger partial charge < -0.3 is 24.8 Å². The molecular formula is C21H26FN3O3. The third-order valence-electron chi connectivity index (χ3n) is 4.38. The molecule has 1 heterocycles. The first-order valence-electron chi connectivity index (χ1n) is 9.38. The number of fused-ring (bicyclic) bond motifs is 1. The van der Waals surface area contributed by atoms with Crippen molar-refractivity contribution in [1.29, 1.82) is 0 Å². The van der Waals surface area contributed by atoms with Crippen LogP contribution in [0.2, 0.25) is 0 Å². The first-order chi connectivity index (χ1) is 13.7. The minimum Gasteiger partial charge on any atom is -0.494 e. The lowest BCUT2D eigenvalue weighted by Crippen LogP contribution is -2.38. The predicted molar refractivity (Wildman–Crippen MR) is 106 cm³/mol. The van der Waals surface area contributed by atoms with E-state index in [1.165, 1.54) is 12.1 Å². The highest BCUT2D eigenvalue weighted by Gasteiger charge is 2.16. The smallest absolute Gasteiger partial charge is 0.191 e. The monoisotopic (exact) mass is 387 g/mol. The summed E-state index contributed by atoms with van der Waals surface area (Å²) >= 11 is 0. The Balaban J connectivity index is 1.55. The summed E-state index contributed by atoms with van der Waals surface area (Å²) in [4.78, 5) is 4.24. The van der Waals surface area contributed by atoms with Gasteiger partial charge in [0.05, 0.1) is 13.2 Å². The van der Waals surface area contributed by atoms with Crippen molar-refractivity contribution in [2.24, 2.45) is 4.99 Å². The van der Waals surface area contributed by atoms with E-state index in [-0.39, 0.29) is 12.6 Å². The predicted octanol–water partition coefficient (Wildman–Crippen LogP) is 3.00. The summed E-state index contributed by atoms with van der Waals surface area (Å²) in [6.07, 6.45) is 0.607. The van der Waals surface area contributed by atoms with E-state index in [0.717, 1.165) is 28.2 Å². The Hall–Kier alpha value is -2.80. The number of nitrogens with zero attached hydrogens (tertiary/aromatic N) is 1. The fourth-order valence-corrected chi connectivity index (χ4v) is 3.10. The molecule has 0 bridgehead atoms. The van der Waals surface area contributed by atoms with Crippen LogP contribution in [-0.2, 0) is 24.3 Å². The third-order valence-corrected chi connectivity index (χ3v) is 4.38. The Labute approximate surface area is 164 Å². The van der Waals surface area contributed by atoms with Crippen molar-refractivity contribution < 1.29 is 18.6 Å². The van der Waals surface area contributed by atoms with Crippen LogP contribution in [0.1, 0.15) is 23.6 Å². The topological polar surface area (TPSA) is 64.1 Å². The maximum absolute atomic E-state index is 13.8. The van der Waals surface area contributed by atoms with E-state index in [1.54, 1.807) is 7.05 Å². The van der Waals surface area contributed by atoms with E-state index < -0.39 is 0 Å². The van der Waals surface area contributed by atoms with Crippen LogP contribution in [0, 0.1) is 5.82 Å². The van der Waals surface area contributed by atoms with Crippen LogP contribution < -0.4 is 20.1 Å². The third kappa shape index (κ3) is 5.13. The van der Waals surface area contributed by atoms with Gasteiger partial charge in [0, 0.05) is 31.3 Å². The highest BCUT2D eigenvalue weighted by atomic mass is 19.1. The maximum atomic E-state index is 13.8. The largest absolute Gasteiger partial charge is 0.494 e. The number of guanidine groups is 1.